The minimum absolute atomic E-state index is 0.0653. The second-order valence-electron chi connectivity index (χ2n) is 17.7. The molecular weight excluding hydrogens is 578 g/mol. The first-order chi connectivity index (χ1) is 22.0. The number of carbonyl (C=O) groups is 2. The van der Waals surface area contributed by atoms with Crippen LogP contribution in [-0.2, 0) is 23.8 Å². The normalized spacial score (nSPS) is 48.6. The van der Waals surface area contributed by atoms with E-state index in [0.29, 0.717) is 52.6 Å². The third kappa shape index (κ3) is 5.57. The van der Waals surface area contributed by atoms with Gasteiger partial charge in [0, 0.05) is 38.0 Å². The average molecular weight is 642 g/mol. The van der Waals surface area contributed by atoms with Crippen LogP contribution in [0, 0.1) is 51.8 Å². The molecule has 4 saturated carbocycles. The van der Waals surface area contributed by atoms with Crippen LogP contribution in [0.15, 0.2) is 0 Å². The van der Waals surface area contributed by atoms with Gasteiger partial charge in [0.05, 0.1) is 25.9 Å². The average Bonchev–Trinajstić information content (AvgIpc) is 3.47. The molecule has 0 aromatic rings. The van der Waals surface area contributed by atoms with Crippen molar-refractivity contribution >= 4 is 11.8 Å². The molecule has 0 radical (unpaired) electrons. The largest absolute Gasteiger partial charge is 0.379 e. The molecule has 0 aromatic heterocycles. The Kier molecular flexibility index (Phi) is 9.11. The fourth-order valence-electron chi connectivity index (χ4n) is 12.6. The highest BCUT2D eigenvalue weighted by atomic mass is 16.7. The van der Waals surface area contributed by atoms with E-state index in [2.05, 4.69) is 50.2 Å². The van der Waals surface area contributed by atoms with Gasteiger partial charge < -0.3 is 24.8 Å². The van der Waals surface area contributed by atoms with Gasteiger partial charge >= 0.3 is 0 Å². The second-order valence-corrected chi connectivity index (χ2v) is 17.7. The minimum atomic E-state index is -0.341. The highest BCUT2D eigenvalue weighted by molar-refractivity contribution is 5.96. The first-order valence-electron chi connectivity index (χ1n) is 19.2. The van der Waals surface area contributed by atoms with Gasteiger partial charge in [-0.2, -0.15) is 0 Å². The predicted molar refractivity (Wildman–Crippen MR) is 178 cm³/mol. The Morgan fingerprint density at radius 3 is 2.43 bits per heavy atom. The Labute approximate surface area is 278 Å². The van der Waals surface area contributed by atoms with E-state index in [1.54, 1.807) is 0 Å². The third-order valence-electron chi connectivity index (χ3n) is 15.5. The molecule has 46 heavy (non-hydrogen) atoms. The molecule has 260 valence electrons. The van der Waals surface area contributed by atoms with Gasteiger partial charge in [0.1, 0.15) is 6.42 Å². The first kappa shape index (κ1) is 33.3. The Bertz CT molecular complexity index is 1140. The van der Waals surface area contributed by atoms with Crippen molar-refractivity contribution in [2.45, 2.75) is 130 Å². The molecule has 0 aromatic carbocycles. The topological polar surface area (TPSA) is 89.1 Å². The van der Waals surface area contributed by atoms with Gasteiger partial charge in [0.2, 0.25) is 11.8 Å². The van der Waals surface area contributed by atoms with Gasteiger partial charge in [-0.25, -0.2) is 0 Å². The molecule has 2 N–H and O–H groups in total. The maximum Gasteiger partial charge on any atom is 0.229 e. The SMILES string of the molecule is C[C@H]1CC[C@@]2(OC1)O[C@H]1C[C@H]3[C@@H]4CC[C@@H]5C[C@H](NC(=O)CC(=O)NCCCN6CCOCC6)CC[C@]5(C)[C@@]4(C)CC[C@]3(C)[C@H]1[C@@H]2C. The molecule has 3 saturated heterocycles. The number of ether oxygens (including phenoxy) is 3. The zero-order valence-electron chi connectivity index (χ0n) is 29.5. The van der Waals surface area contributed by atoms with Crippen molar-refractivity contribution in [2.75, 3.05) is 46.0 Å². The molecule has 0 unspecified atom stereocenters. The van der Waals surface area contributed by atoms with Crippen LogP contribution >= 0.6 is 0 Å². The maximum absolute atomic E-state index is 12.9. The Balaban J connectivity index is 0.923. The van der Waals surface area contributed by atoms with Gasteiger partial charge in [0.15, 0.2) is 5.79 Å². The second kappa shape index (κ2) is 12.6. The van der Waals surface area contributed by atoms with E-state index < -0.39 is 0 Å². The minimum Gasteiger partial charge on any atom is -0.379 e. The molecule has 7 rings (SSSR count). The van der Waals surface area contributed by atoms with Crippen molar-refractivity contribution in [3.8, 4) is 0 Å². The number of morpholine rings is 1. The number of hydrogen-bond acceptors (Lipinski definition) is 6. The number of fused-ring (bicyclic) bond motifs is 7. The van der Waals surface area contributed by atoms with E-state index in [9.17, 15) is 9.59 Å². The molecule has 2 amide bonds. The van der Waals surface area contributed by atoms with Crippen molar-refractivity contribution in [3.05, 3.63) is 0 Å². The number of amides is 2. The summed E-state index contributed by atoms with van der Waals surface area (Å²) in [6.07, 6.45) is 13.1. The van der Waals surface area contributed by atoms with Crippen molar-refractivity contribution in [3.63, 3.8) is 0 Å². The van der Waals surface area contributed by atoms with Gasteiger partial charge in [-0.05, 0) is 117 Å². The van der Waals surface area contributed by atoms with Crippen molar-refractivity contribution < 1.29 is 23.8 Å². The predicted octanol–water partition coefficient (Wildman–Crippen LogP) is 5.54. The molecule has 3 heterocycles. The summed E-state index contributed by atoms with van der Waals surface area (Å²) < 4.78 is 19.0. The molecule has 0 bridgehead atoms. The molecule has 7 aliphatic rings. The van der Waals surface area contributed by atoms with Crippen LogP contribution in [-0.4, -0.2) is 80.6 Å². The Morgan fingerprint density at radius 2 is 1.67 bits per heavy atom. The summed E-state index contributed by atoms with van der Waals surface area (Å²) in [6, 6.07) is 0.184. The molecule has 4 aliphatic carbocycles. The molecule has 7 fully saturated rings. The number of nitrogens with zero attached hydrogens (tertiary/aromatic N) is 1. The summed E-state index contributed by atoms with van der Waals surface area (Å²) in [5.74, 6) is 3.19. The third-order valence-corrected chi connectivity index (χ3v) is 15.5. The molecule has 8 heteroatoms. The highest BCUT2D eigenvalue weighted by Crippen LogP contribution is 2.75. The van der Waals surface area contributed by atoms with Crippen molar-refractivity contribution in [1.82, 2.24) is 15.5 Å². The van der Waals surface area contributed by atoms with Gasteiger partial charge in [-0.15, -0.1) is 0 Å². The summed E-state index contributed by atoms with van der Waals surface area (Å²) in [5.41, 5.74) is 0.957. The molecule has 12 atom stereocenters. The molecule has 1 spiro atoms. The number of rotatable bonds is 7. The fourth-order valence-corrected chi connectivity index (χ4v) is 12.6. The summed E-state index contributed by atoms with van der Waals surface area (Å²) in [4.78, 5) is 27.8. The number of hydrogen-bond donors (Lipinski definition) is 2. The lowest BCUT2D eigenvalue weighted by atomic mass is 9.38. The zero-order chi connectivity index (χ0) is 32.3. The highest BCUT2D eigenvalue weighted by Gasteiger charge is 2.71. The van der Waals surface area contributed by atoms with Crippen LogP contribution in [0.5, 0.6) is 0 Å². The maximum atomic E-state index is 12.9. The monoisotopic (exact) mass is 641 g/mol. The quantitative estimate of drug-likeness (QED) is 0.281. The van der Waals surface area contributed by atoms with Crippen LogP contribution in [0.2, 0.25) is 0 Å². The van der Waals surface area contributed by atoms with Crippen molar-refractivity contribution in [1.29, 1.82) is 0 Å². The van der Waals surface area contributed by atoms with Crippen LogP contribution in [0.1, 0.15) is 112 Å². The first-order valence-corrected chi connectivity index (χ1v) is 19.2. The molecular formula is C38H63N3O5. The van der Waals surface area contributed by atoms with E-state index in [1.807, 2.05) is 0 Å². The lowest BCUT2D eigenvalue weighted by Crippen LogP contribution is -2.61. The zero-order valence-corrected chi connectivity index (χ0v) is 29.5. The Morgan fingerprint density at radius 1 is 0.870 bits per heavy atom. The summed E-state index contributed by atoms with van der Waals surface area (Å²) >= 11 is 0. The van der Waals surface area contributed by atoms with Gasteiger partial charge in [-0.3, -0.25) is 14.5 Å². The van der Waals surface area contributed by atoms with Crippen LogP contribution in [0.4, 0.5) is 0 Å². The fraction of sp³-hybridized carbons (Fsp3) is 0.947. The summed E-state index contributed by atoms with van der Waals surface area (Å²) in [5, 5.41) is 6.24. The molecule has 3 aliphatic heterocycles. The number of carbonyl (C=O) groups excluding carboxylic acids is 2. The lowest BCUT2D eigenvalue weighted by Gasteiger charge is -2.67. The Hall–Kier alpha value is -1.22. The van der Waals surface area contributed by atoms with E-state index in [-0.39, 0.29) is 30.1 Å². The van der Waals surface area contributed by atoms with Crippen LogP contribution < -0.4 is 10.6 Å². The number of nitrogens with one attached hydrogen (secondary N) is 2. The van der Waals surface area contributed by atoms with Gasteiger partial charge in [-0.1, -0.05) is 34.6 Å². The summed E-state index contributed by atoms with van der Waals surface area (Å²) in [7, 11) is 0. The lowest BCUT2D eigenvalue weighted by molar-refractivity contribution is -0.274. The van der Waals surface area contributed by atoms with Gasteiger partial charge in [0.25, 0.3) is 0 Å². The van der Waals surface area contributed by atoms with Crippen LogP contribution in [0.3, 0.4) is 0 Å². The van der Waals surface area contributed by atoms with E-state index in [0.717, 1.165) is 77.0 Å². The summed E-state index contributed by atoms with van der Waals surface area (Å²) in [6.45, 7) is 18.6. The van der Waals surface area contributed by atoms with Crippen LogP contribution in [0.25, 0.3) is 0 Å². The van der Waals surface area contributed by atoms with Crippen molar-refractivity contribution in [2.24, 2.45) is 51.8 Å². The van der Waals surface area contributed by atoms with E-state index in [1.165, 1.54) is 44.9 Å². The molecule has 8 nitrogen and oxygen atoms in total. The standard InChI is InChI=1S/C38H63N3O5/c1-25-9-12-38(45-24-25)26(2)34-31(46-38)22-30-29-8-7-27-21-28(10-11-36(27,4)37(29,5)14-13-35(30,34)3)40-33(43)23-32(42)39-15-6-16-41-17-19-44-20-18-41/h25-31,34H,6-24H2,1-5H3,(H,39,42)(H,40,43)/t25-,26-,27+,28+,29-,30-,31-,34-,35-,36-,37-,38+/m0/s1. The smallest absolute Gasteiger partial charge is 0.229 e. The van der Waals surface area contributed by atoms with E-state index >= 15 is 0 Å². The van der Waals surface area contributed by atoms with E-state index in [4.69, 9.17) is 14.2 Å².